The Morgan fingerprint density at radius 3 is 2.42 bits per heavy atom. The van der Waals surface area contributed by atoms with Crippen LogP contribution in [0.4, 0.5) is 0 Å². The third-order valence-corrected chi connectivity index (χ3v) is 3.75. The van der Waals surface area contributed by atoms with Crippen LogP contribution in [0.3, 0.4) is 0 Å². The van der Waals surface area contributed by atoms with Gasteiger partial charge in [0, 0.05) is 5.57 Å². The van der Waals surface area contributed by atoms with Gasteiger partial charge in [-0.05, 0) is 45.4 Å². The quantitative estimate of drug-likeness (QED) is 0.259. The third-order valence-electron chi connectivity index (χ3n) is 3.75. The Hall–Kier alpha value is -0.810. The van der Waals surface area contributed by atoms with E-state index in [0.717, 1.165) is 24.3 Å². The van der Waals surface area contributed by atoms with E-state index >= 15 is 0 Å². The molecule has 0 bridgehead atoms. The minimum absolute atomic E-state index is 0.827. The molecular weight excluding hydrogens is 232 g/mol. The largest absolute Gasteiger partial charge is 0.234 e. The van der Waals surface area contributed by atoms with Gasteiger partial charge in [-0.2, -0.15) is 0 Å². The van der Waals surface area contributed by atoms with E-state index in [9.17, 15) is 4.79 Å². The zero-order valence-electron chi connectivity index (χ0n) is 13.4. The minimum atomic E-state index is 0.827. The van der Waals surface area contributed by atoms with Crippen LogP contribution in [0.5, 0.6) is 0 Å². The fourth-order valence-electron chi connectivity index (χ4n) is 2.30. The average molecular weight is 264 g/mol. The lowest BCUT2D eigenvalue weighted by Crippen LogP contribution is -1.95. The molecule has 0 aromatic rings. The fraction of sp³-hybridized carbons (Fsp3) is 0.778. The highest BCUT2D eigenvalue weighted by atomic mass is 16.1. The van der Waals surface area contributed by atoms with Crippen molar-refractivity contribution in [2.45, 2.75) is 85.5 Å². The van der Waals surface area contributed by atoms with Gasteiger partial charge in [0.1, 0.15) is 5.94 Å². The Morgan fingerprint density at radius 2 is 1.79 bits per heavy atom. The summed E-state index contributed by atoms with van der Waals surface area (Å²) in [6.45, 7) is 8.71. The first-order valence-corrected chi connectivity index (χ1v) is 7.96. The van der Waals surface area contributed by atoms with Crippen LogP contribution in [-0.2, 0) is 4.79 Å². The number of allylic oxidation sites excluding steroid dienone is 3. The molecule has 0 N–H and O–H groups in total. The van der Waals surface area contributed by atoms with Crippen LogP contribution < -0.4 is 0 Å². The zero-order valence-corrected chi connectivity index (χ0v) is 13.4. The van der Waals surface area contributed by atoms with Crippen LogP contribution in [0.25, 0.3) is 0 Å². The Balaban J connectivity index is 3.63. The van der Waals surface area contributed by atoms with E-state index < -0.39 is 0 Å². The molecule has 0 heterocycles. The van der Waals surface area contributed by atoms with Gasteiger partial charge in [-0.3, -0.25) is 0 Å². The summed E-state index contributed by atoms with van der Waals surface area (Å²) in [5.74, 6) is 2.83. The Morgan fingerprint density at radius 1 is 1.11 bits per heavy atom. The molecule has 0 rings (SSSR count). The molecule has 0 saturated heterocycles. The molecule has 0 aliphatic rings. The number of hydrogen-bond acceptors (Lipinski definition) is 1. The van der Waals surface area contributed by atoms with Gasteiger partial charge in [-0.25, -0.2) is 4.79 Å². The summed E-state index contributed by atoms with van der Waals surface area (Å²) in [5.41, 5.74) is 2.30. The van der Waals surface area contributed by atoms with Crippen molar-refractivity contribution >= 4 is 5.94 Å². The van der Waals surface area contributed by atoms with Gasteiger partial charge in [0.2, 0.25) is 0 Å². The Kier molecular flexibility index (Phi) is 11.7. The summed E-state index contributed by atoms with van der Waals surface area (Å²) < 4.78 is 0. The van der Waals surface area contributed by atoms with E-state index in [1.807, 2.05) is 12.9 Å². The SMILES string of the molecule is CCCCCC(C)CCCC(C)=CCCC(C)=C=O. The van der Waals surface area contributed by atoms with Crippen molar-refractivity contribution in [3.8, 4) is 0 Å². The first-order chi connectivity index (χ1) is 9.10. The van der Waals surface area contributed by atoms with Gasteiger partial charge in [0.15, 0.2) is 0 Å². The second-order valence-corrected chi connectivity index (χ2v) is 5.96. The van der Waals surface area contributed by atoms with Crippen molar-refractivity contribution < 1.29 is 4.79 Å². The molecular formula is C18H32O. The summed E-state index contributed by atoms with van der Waals surface area (Å²) in [7, 11) is 0. The molecule has 110 valence electrons. The molecule has 1 atom stereocenters. The van der Waals surface area contributed by atoms with Crippen LogP contribution in [0.1, 0.15) is 85.5 Å². The van der Waals surface area contributed by atoms with Crippen LogP contribution in [0.2, 0.25) is 0 Å². The average Bonchev–Trinajstić information content (AvgIpc) is 2.38. The molecule has 0 saturated carbocycles. The van der Waals surface area contributed by atoms with Crippen molar-refractivity contribution in [2.75, 3.05) is 0 Å². The molecule has 0 fully saturated rings. The van der Waals surface area contributed by atoms with Crippen molar-refractivity contribution in [3.63, 3.8) is 0 Å². The van der Waals surface area contributed by atoms with Gasteiger partial charge < -0.3 is 0 Å². The third kappa shape index (κ3) is 12.0. The standard InChI is InChI=1S/C18H32O/c1-5-6-7-10-16(2)11-8-12-17(3)13-9-14-18(4)15-19/h13,16H,5-12,14H2,1-4H3. The zero-order chi connectivity index (χ0) is 14.5. The highest BCUT2D eigenvalue weighted by molar-refractivity contribution is 5.51. The van der Waals surface area contributed by atoms with E-state index in [1.165, 1.54) is 50.5 Å². The summed E-state index contributed by atoms with van der Waals surface area (Å²) in [6.07, 6.45) is 13.5. The van der Waals surface area contributed by atoms with E-state index in [2.05, 4.69) is 26.8 Å². The predicted octanol–water partition coefficient (Wildman–Crippen LogP) is 5.88. The van der Waals surface area contributed by atoms with Crippen molar-refractivity contribution in [2.24, 2.45) is 5.92 Å². The maximum Gasteiger partial charge on any atom is 0.123 e. The van der Waals surface area contributed by atoms with Gasteiger partial charge >= 0.3 is 0 Å². The smallest absolute Gasteiger partial charge is 0.123 e. The summed E-state index contributed by atoms with van der Waals surface area (Å²) >= 11 is 0. The van der Waals surface area contributed by atoms with Crippen molar-refractivity contribution in [1.82, 2.24) is 0 Å². The van der Waals surface area contributed by atoms with Gasteiger partial charge in [-0.1, -0.05) is 57.6 Å². The number of hydrogen-bond donors (Lipinski definition) is 0. The van der Waals surface area contributed by atoms with Crippen LogP contribution in [0.15, 0.2) is 17.2 Å². The minimum Gasteiger partial charge on any atom is -0.234 e. The molecule has 0 aromatic carbocycles. The summed E-state index contributed by atoms with van der Waals surface area (Å²) in [4.78, 5) is 10.4. The number of rotatable bonds is 11. The van der Waals surface area contributed by atoms with E-state index in [4.69, 9.17) is 0 Å². The first-order valence-electron chi connectivity index (χ1n) is 7.96. The van der Waals surface area contributed by atoms with Crippen LogP contribution in [-0.4, -0.2) is 5.94 Å². The lowest BCUT2D eigenvalue weighted by molar-refractivity contribution is 0.450. The number of carbonyl (C=O) groups excluding carboxylic acids is 1. The maximum absolute atomic E-state index is 10.4. The fourth-order valence-corrected chi connectivity index (χ4v) is 2.30. The van der Waals surface area contributed by atoms with Crippen LogP contribution >= 0.6 is 0 Å². The topological polar surface area (TPSA) is 17.1 Å². The lowest BCUT2D eigenvalue weighted by Gasteiger charge is -2.10. The maximum atomic E-state index is 10.4. The van der Waals surface area contributed by atoms with Crippen molar-refractivity contribution in [1.29, 1.82) is 0 Å². The van der Waals surface area contributed by atoms with Gasteiger partial charge in [-0.15, -0.1) is 0 Å². The Labute approximate surface area is 120 Å². The monoisotopic (exact) mass is 264 g/mol. The van der Waals surface area contributed by atoms with E-state index in [0.29, 0.717) is 0 Å². The van der Waals surface area contributed by atoms with Crippen molar-refractivity contribution in [3.05, 3.63) is 17.2 Å². The molecule has 0 amide bonds. The normalized spacial score (nSPS) is 13.2. The second-order valence-electron chi connectivity index (χ2n) is 5.96. The van der Waals surface area contributed by atoms with Crippen LogP contribution in [0, 0.1) is 5.92 Å². The van der Waals surface area contributed by atoms with Gasteiger partial charge in [0.25, 0.3) is 0 Å². The Bertz CT molecular complexity index is 295. The molecule has 0 radical (unpaired) electrons. The predicted molar refractivity (Wildman–Crippen MR) is 85.0 cm³/mol. The molecule has 0 aliphatic heterocycles. The van der Waals surface area contributed by atoms with E-state index in [1.54, 1.807) is 0 Å². The lowest BCUT2D eigenvalue weighted by atomic mass is 9.96. The molecule has 0 aromatic heterocycles. The number of unbranched alkanes of at least 4 members (excludes halogenated alkanes) is 2. The molecule has 0 spiro atoms. The molecule has 1 heteroatoms. The van der Waals surface area contributed by atoms with Gasteiger partial charge in [0.05, 0.1) is 0 Å². The highest BCUT2D eigenvalue weighted by Gasteiger charge is 2.02. The highest BCUT2D eigenvalue weighted by Crippen LogP contribution is 2.18. The first kappa shape index (κ1) is 18.2. The summed E-state index contributed by atoms with van der Waals surface area (Å²) in [6, 6.07) is 0. The molecule has 1 unspecified atom stereocenters. The molecule has 0 aliphatic carbocycles. The molecule has 19 heavy (non-hydrogen) atoms. The van der Waals surface area contributed by atoms with E-state index in [-0.39, 0.29) is 0 Å². The summed E-state index contributed by atoms with van der Waals surface area (Å²) in [5, 5.41) is 0. The molecule has 1 nitrogen and oxygen atoms in total. The second kappa shape index (κ2) is 12.2.